The highest BCUT2D eigenvalue weighted by molar-refractivity contribution is 9.10. The van der Waals surface area contributed by atoms with Crippen molar-refractivity contribution >= 4 is 39.1 Å². The van der Waals surface area contributed by atoms with Crippen molar-refractivity contribution < 1.29 is 4.74 Å². The molecule has 0 fully saturated rings. The third kappa shape index (κ3) is 3.12. The topological polar surface area (TPSA) is 21.3 Å². The zero-order valence-corrected chi connectivity index (χ0v) is 14.2. The number of nitrogens with one attached hydrogen (secondary N) is 1. The Bertz CT molecular complexity index is 619. The van der Waals surface area contributed by atoms with E-state index in [1.54, 1.807) is 13.2 Å². The third-order valence-electron chi connectivity index (χ3n) is 3.08. The van der Waals surface area contributed by atoms with Gasteiger partial charge >= 0.3 is 0 Å². The Hall–Kier alpha value is -0.740. The van der Waals surface area contributed by atoms with Crippen molar-refractivity contribution in [2.45, 2.75) is 6.04 Å². The molecule has 2 rings (SSSR count). The summed E-state index contributed by atoms with van der Waals surface area (Å²) in [5.74, 6) is 0.795. The van der Waals surface area contributed by atoms with Crippen LogP contribution in [-0.2, 0) is 0 Å². The van der Waals surface area contributed by atoms with Crippen LogP contribution in [-0.4, -0.2) is 14.2 Å². The molecule has 2 aromatic carbocycles. The fourth-order valence-corrected chi connectivity index (χ4v) is 2.95. The molecule has 2 aromatic rings. The van der Waals surface area contributed by atoms with E-state index < -0.39 is 0 Å². The van der Waals surface area contributed by atoms with Crippen LogP contribution in [0.25, 0.3) is 0 Å². The van der Waals surface area contributed by atoms with Crippen molar-refractivity contribution in [2.24, 2.45) is 0 Å². The fourth-order valence-electron chi connectivity index (χ4n) is 2.15. The van der Waals surface area contributed by atoms with Gasteiger partial charge in [0.2, 0.25) is 0 Å². The summed E-state index contributed by atoms with van der Waals surface area (Å²) in [7, 11) is 3.53. The Labute approximate surface area is 137 Å². The standard InChI is InChI=1S/C15H14BrCl2NO/c1-19-15(10-4-3-5-12(17)14(10)18)11-8-9(16)6-7-13(11)20-2/h3-8,15,19H,1-2H3. The minimum absolute atomic E-state index is 0.103. The molecule has 1 unspecified atom stereocenters. The van der Waals surface area contributed by atoms with Gasteiger partial charge in [0, 0.05) is 10.0 Å². The molecule has 1 atom stereocenters. The van der Waals surface area contributed by atoms with Gasteiger partial charge in [0.15, 0.2) is 0 Å². The quantitative estimate of drug-likeness (QED) is 0.806. The molecule has 2 nitrogen and oxygen atoms in total. The first-order chi connectivity index (χ1) is 9.58. The Kier molecular flexibility index (Phi) is 5.33. The lowest BCUT2D eigenvalue weighted by molar-refractivity contribution is 0.405. The number of ether oxygens (including phenoxy) is 1. The molecule has 0 saturated heterocycles. The summed E-state index contributed by atoms with van der Waals surface area (Å²) in [5, 5.41) is 4.35. The van der Waals surface area contributed by atoms with Gasteiger partial charge in [-0.1, -0.05) is 51.3 Å². The smallest absolute Gasteiger partial charge is 0.124 e. The lowest BCUT2D eigenvalue weighted by atomic mass is 9.98. The second kappa shape index (κ2) is 6.81. The molecular formula is C15H14BrCl2NO. The molecule has 0 aliphatic carbocycles. The summed E-state index contributed by atoms with van der Waals surface area (Å²) in [6, 6.07) is 11.4. The van der Waals surface area contributed by atoms with Crippen LogP contribution in [0.4, 0.5) is 0 Å². The lowest BCUT2D eigenvalue weighted by Gasteiger charge is -2.21. The molecular weight excluding hydrogens is 361 g/mol. The number of rotatable bonds is 4. The normalized spacial score (nSPS) is 12.2. The maximum Gasteiger partial charge on any atom is 0.124 e. The van der Waals surface area contributed by atoms with Crippen LogP contribution < -0.4 is 10.1 Å². The predicted molar refractivity (Wildman–Crippen MR) is 88.1 cm³/mol. The largest absolute Gasteiger partial charge is 0.496 e. The van der Waals surface area contributed by atoms with Crippen LogP contribution in [0.5, 0.6) is 5.75 Å². The summed E-state index contributed by atoms with van der Waals surface area (Å²) in [6.07, 6.45) is 0. The molecule has 0 heterocycles. The third-order valence-corrected chi connectivity index (χ3v) is 4.41. The van der Waals surface area contributed by atoms with E-state index in [0.29, 0.717) is 10.0 Å². The maximum absolute atomic E-state index is 6.33. The highest BCUT2D eigenvalue weighted by atomic mass is 79.9. The predicted octanol–water partition coefficient (Wildman–Crippen LogP) is 5.07. The molecule has 0 bridgehead atoms. The van der Waals surface area contributed by atoms with Crippen molar-refractivity contribution in [1.82, 2.24) is 5.32 Å². The molecule has 106 valence electrons. The summed E-state index contributed by atoms with van der Waals surface area (Å²) < 4.78 is 6.42. The van der Waals surface area contributed by atoms with Gasteiger partial charge in [-0.3, -0.25) is 0 Å². The second-order valence-electron chi connectivity index (χ2n) is 4.25. The molecule has 0 aliphatic heterocycles. The van der Waals surface area contributed by atoms with Crippen LogP contribution >= 0.6 is 39.1 Å². The number of halogens is 3. The van der Waals surface area contributed by atoms with Crippen molar-refractivity contribution in [3.05, 3.63) is 62.0 Å². The monoisotopic (exact) mass is 373 g/mol. The summed E-state index contributed by atoms with van der Waals surface area (Å²) >= 11 is 15.9. The van der Waals surface area contributed by atoms with Gasteiger partial charge in [0.1, 0.15) is 5.75 Å². The highest BCUT2D eigenvalue weighted by Crippen LogP contribution is 2.37. The van der Waals surface area contributed by atoms with Crippen LogP contribution in [0.1, 0.15) is 17.2 Å². The zero-order chi connectivity index (χ0) is 14.7. The van der Waals surface area contributed by atoms with Crippen molar-refractivity contribution in [1.29, 1.82) is 0 Å². The Morgan fingerprint density at radius 3 is 2.55 bits per heavy atom. The molecule has 1 N–H and O–H groups in total. The van der Waals surface area contributed by atoms with Crippen LogP contribution in [0.15, 0.2) is 40.9 Å². The molecule has 20 heavy (non-hydrogen) atoms. The van der Waals surface area contributed by atoms with Gasteiger partial charge in [-0.25, -0.2) is 0 Å². The molecule has 0 aliphatic rings. The van der Waals surface area contributed by atoms with Gasteiger partial charge in [-0.15, -0.1) is 0 Å². The Morgan fingerprint density at radius 1 is 1.15 bits per heavy atom. The first-order valence-electron chi connectivity index (χ1n) is 6.03. The second-order valence-corrected chi connectivity index (χ2v) is 5.95. The van der Waals surface area contributed by atoms with Gasteiger partial charge < -0.3 is 10.1 Å². The zero-order valence-electron chi connectivity index (χ0n) is 11.1. The molecule has 0 radical (unpaired) electrons. The summed E-state index contributed by atoms with van der Waals surface area (Å²) in [6.45, 7) is 0. The van der Waals surface area contributed by atoms with E-state index in [2.05, 4.69) is 21.2 Å². The number of hydrogen-bond acceptors (Lipinski definition) is 2. The fraction of sp³-hybridized carbons (Fsp3) is 0.200. The van der Waals surface area contributed by atoms with Crippen LogP contribution in [0, 0.1) is 0 Å². The van der Waals surface area contributed by atoms with Crippen LogP contribution in [0.3, 0.4) is 0 Å². The van der Waals surface area contributed by atoms with Crippen molar-refractivity contribution in [3.63, 3.8) is 0 Å². The minimum atomic E-state index is -0.103. The Morgan fingerprint density at radius 2 is 1.90 bits per heavy atom. The van der Waals surface area contributed by atoms with Crippen molar-refractivity contribution in [3.8, 4) is 5.75 Å². The van der Waals surface area contributed by atoms with Gasteiger partial charge in [-0.05, 0) is 36.9 Å². The van der Waals surface area contributed by atoms with E-state index in [4.69, 9.17) is 27.9 Å². The van der Waals surface area contributed by atoms with Gasteiger partial charge in [0.25, 0.3) is 0 Å². The van der Waals surface area contributed by atoms with Gasteiger partial charge in [-0.2, -0.15) is 0 Å². The number of methoxy groups -OCH3 is 1. The van der Waals surface area contributed by atoms with E-state index in [0.717, 1.165) is 21.3 Å². The summed E-state index contributed by atoms with van der Waals surface area (Å²) in [5.41, 5.74) is 1.91. The first-order valence-corrected chi connectivity index (χ1v) is 7.58. The SMILES string of the molecule is CNC(c1cc(Br)ccc1OC)c1cccc(Cl)c1Cl. The van der Waals surface area contributed by atoms with E-state index in [9.17, 15) is 0 Å². The average molecular weight is 375 g/mol. The van der Waals surface area contributed by atoms with Crippen LogP contribution in [0.2, 0.25) is 10.0 Å². The number of hydrogen-bond donors (Lipinski definition) is 1. The average Bonchev–Trinajstić information content (AvgIpc) is 2.44. The lowest BCUT2D eigenvalue weighted by Crippen LogP contribution is -2.19. The van der Waals surface area contributed by atoms with E-state index in [1.165, 1.54) is 0 Å². The summed E-state index contributed by atoms with van der Waals surface area (Å²) in [4.78, 5) is 0. The minimum Gasteiger partial charge on any atom is -0.496 e. The highest BCUT2D eigenvalue weighted by Gasteiger charge is 2.20. The van der Waals surface area contributed by atoms with E-state index in [1.807, 2.05) is 37.4 Å². The molecule has 5 heteroatoms. The molecule has 0 spiro atoms. The van der Waals surface area contributed by atoms with Crippen molar-refractivity contribution in [2.75, 3.05) is 14.2 Å². The molecule has 0 aromatic heterocycles. The molecule has 0 amide bonds. The van der Waals surface area contributed by atoms with Gasteiger partial charge in [0.05, 0.1) is 23.2 Å². The Balaban J connectivity index is 2.58. The molecule has 0 saturated carbocycles. The first kappa shape index (κ1) is 15.6. The maximum atomic E-state index is 6.33. The number of benzene rings is 2. The van der Waals surface area contributed by atoms with E-state index in [-0.39, 0.29) is 6.04 Å². The van der Waals surface area contributed by atoms with E-state index >= 15 is 0 Å².